The van der Waals surface area contributed by atoms with E-state index in [0.717, 1.165) is 11.3 Å². The minimum atomic E-state index is -0.773. The van der Waals surface area contributed by atoms with Gasteiger partial charge in [-0.2, -0.15) is 0 Å². The van der Waals surface area contributed by atoms with Crippen molar-refractivity contribution in [2.24, 2.45) is 0 Å². The maximum absolute atomic E-state index is 11.9. The van der Waals surface area contributed by atoms with Gasteiger partial charge in [-0.3, -0.25) is 9.69 Å². The lowest BCUT2D eigenvalue weighted by atomic mass is 9.85. The maximum atomic E-state index is 11.9. The zero-order valence-corrected chi connectivity index (χ0v) is 10.9. The molecule has 1 aliphatic rings. The van der Waals surface area contributed by atoms with Crippen LogP contribution in [0.2, 0.25) is 0 Å². The molecule has 4 heteroatoms. The van der Waals surface area contributed by atoms with Crippen molar-refractivity contribution in [1.29, 1.82) is 0 Å². The van der Waals surface area contributed by atoms with Crippen molar-refractivity contribution >= 4 is 17.6 Å². The standard InChI is InChI=1S/C14H17NO3/c1-14(2,3)10-6-4-5-7-11(10)15-8-9-18-13(17)12(15)16/h4-7H,8-9H2,1-3H3. The Balaban J connectivity index is 2.45. The Morgan fingerprint density at radius 2 is 1.83 bits per heavy atom. The summed E-state index contributed by atoms with van der Waals surface area (Å²) in [6.45, 7) is 6.91. The van der Waals surface area contributed by atoms with Gasteiger partial charge in [0.25, 0.3) is 0 Å². The fourth-order valence-corrected chi connectivity index (χ4v) is 2.08. The second kappa shape index (κ2) is 4.44. The van der Waals surface area contributed by atoms with Gasteiger partial charge in [0.15, 0.2) is 0 Å². The van der Waals surface area contributed by atoms with Crippen LogP contribution >= 0.6 is 0 Å². The van der Waals surface area contributed by atoms with Gasteiger partial charge in [-0.05, 0) is 17.0 Å². The van der Waals surface area contributed by atoms with E-state index < -0.39 is 11.9 Å². The van der Waals surface area contributed by atoms with Crippen LogP contribution in [0.1, 0.15) is 26.3 Å². The molecule has 2 rings (SSSR count). The summed E-state index contributed by atoms with van der Waals surface area (Å²) in [6, 6.07) is 7.67. The van der Waals surface area contributed by atoms with E-state index in [1.54, 1.807) is 0 Å². The van der Waals surface area contributed by atoms with Crippen molar-refractivity contribution < 1.29 is 14.3 Å². The van der Waals surface area contributed by atoms with E-state index in [1.807, 2.05) is 24.3 Å². The molecule has 1 aromatic carbocycles. The number of carbonyl (C=O) groups excluding carboxylic acids is 2. The molecule has 1 fully saturated rings. The molecule has 0 radical (unpaired) electrons. The van der Waals surface area contributed by atoms with Gasteiger partial charge >= 0.3 is 11.9 Å². The Labute approximate surface area is 107 Å². The first-order valence-electron chi connectivity index (χ1n) is 5.99. The lowest BCUT2D eigenvalue weighted by molar-refractivity contribution is -0.156. The fourth-order valence-electron chi connectivity index (χ4n) is 2.08. The van der Waals surface area contributed by atoms with Gasteiger partial charge in [-0.15, -0.1) is 0 Å². The number of amides is 1. The molecule has 4 nitrogen and oxygen atoms in total. The van der Waals surface area contributed by atoms with Crippen LogP contribution in [-0.2, 0) is 19.7 Å². The fraction of sp³-hybridized carbons (Fsp3) is 0.429. The molecule has 0 bridgehead atoms. The van der Waals surface area contributed by atoms with Crippen molar-refractivity contribution in [3.8, 4) is 0 Å². The number of anilines is 1. The monoisotopic (exact) mass is 247 g/mol. The van der Waals surface area contributed by atoms with E-state index in [9.17, 15) is 9.59 Å². The molecule has 18 heavy (non-hydrogen) atoms. The van der Waals surface area contributed by atoms with E-state index in [1.165, 1.54) is 4.90 Å². The molecule has 1 aromatic rings. The van der Waals surface area contributed by atoms with Gasteiger partial charge in [0.2, 0.25) is 0 Å². The van der Waals surface area contributed by atoms with Gasteiger partial charge < -0.3 is 4.74 Å². The minimum Gasteiger partial charge on any atom is -0.457 e. The molecule has 0 unspecified atom stereocenters. The highest BCUT2D eigenvalue weighted by Gasteiger charge is 2.32. The van der Waals surface area contributed by atoms with Crippen LogP contribution in [0, 0.1) is 0 Å². The van der Waals surface area contributed by atoms with Crippen LogP contribution in [0.25, 0.3) is 0 Å². The normalized spacial score (nSPS) is 16.7. The molecular weight excluding hydrogens is 230 g/mol. The number of cyclic esters (lactones) is 1. The predicted molar refractivity (Wildman–Crippen MR) is 68.5 cm³/mol. The van der Waals surface area contributed by atoms with Gasteiger partial charge in [0, 0.05) is 5.69 Å². The number of rotatable bonds is 1. The number of benzene rings is 1. The lowest BCUT2D eigenvalue weighted by Crippen LogP contribution is -2.46. The molecule has 1 heterocycles. The summed E-state index contributed by atoms with van der Waals surface area (Å²) in [7, 11) is 0. The summed E-state index contributed by atoms with van der Waals surface area (Å²) in [5, 5.41) is 0. The number of ether oxygens (including phenoxy) is 1. The highest BCUT2D eigenvalue weighted by atomic mass is 16.5. The number of para-hydroxylation sites is 1. The largest absolute Gasteiger partial charge is 0.457 e. The van der Waals surface area contributed by atoms with Crippen LogP contribution in [0.4, 0.5) is 5.69 Å². The number of hydrogen-bond acceptors (Lipinski definition) is 3. The minimum absolute atomic E-state index is 0.0851. The highest BCUT2D eigenvalue weighted by Crippen LogP contribution is 2.32. The molecule has 0 aromatic heterocycles. The number of morpholine rings is 1. The Kier molecular flexibility index (Phi) is 3.11. The highest BCUT2D eigenvalue weighted by molar-refractivity contribution is 6.38. The predicted octanol–water partition coefficient (Wildman–Crippen LogP) is 1.87. The van der Waals surface area contributed by atoms with Crippen molar-refractivity contribution in [3.05, 3.63) is 29.8 Å². The van der Waals surface area contributed by atoms with Crippen molar-refractivity contribution in [2.75, 3.05) is 18.1 Å². The summed E-state index contributed by atoms with van der Waals surface area (Å²) in [6.07, 6.45) is 0. The van der Waals surface area contributed by atoms with Gasteiger partial charge in [0.1, 0.15) is 6.61 Å². The molecule has 1 aliphatic heterocycles. The van der Waals surface area contributed by atoms with Crippen LogP contribution in [0.15, 0.2) is 24.3 Å². The SMILES string of the molecule is CC(C)(C)c1ccccc1N1CCOC(=O)C1=O. The molecule has 0 spiro atoms. The molecule has 1 amide bonds. The topological polar surface area (TPSA) is 46.6 Å². The Morgan fingerprint density at radius 1 is 1.17 bits per heavy atom. The molecular formula is C14H17NO3. The number of esters is 1. The first kappa shape index (κ1) is 12.6. The second-order valence-electron chi connectivity index (χ2n) is 5.36. The molecule has 1 saturated heterocycles. The third-order valence-corrected chi connectivity index (χ3v) is 2.97. The van der Waals surface area contributed by atoms with Crippen molar-refractivity contribution in [2.45, 2.75) is 26.2 Å². The number of hydrogen-bond donors (Lipinski definition) is 0. The Morgan fingerprint density at radius 3 is 2.50 bits per heavy atom. The van der Waals surface area contributed by atoms with Gasteiger partial charge in [0.05, 0.1) is 6.54 Å². The Bertz CT molecular complexity index is 488. The first-order chi connectivity index (χ1) is 8.41. The molecule has 0 saturated carbocycles. The van der Waals surface area contributed by atoms with E-state index in [4.69, 9.17) is 4.74 Å². The summed E-state index contributed by atoms with van der Waals surface area (Å²) in [4.78, 5) is 24.7. The smallest absolute Gasteiger partial charge is 0.397 e. The van der Waals surface area contributed by atoms with Crippen molar-refractivity contribution in [1.82, 2.24) is 0 Å². The Hall–Kier alpha value is -1.84. The van der Waals surface area contributed by atoms with E-state index in [2.05, 4.69) is 20.8 Å². The molecule has 96 valence electrons. The van der Waals surface area contributed by atoms with Crippen LogP contribution < -0.4 is 4.90 Å². The summed E-state index contributed by atoms with van der Waals surface area (Å²) in [5.41, 5.74) is 1.76. The van der Waals surface area contributed by atoms with Crippen LogP contribution in [0.3, 0.4) is 0 Å². The average Bonchev–Trinajstić information content (AvgIpc) is 2.32. The maximum Gasteiger partial charge on any atom is 0.397 e. The van der Waals surface area contributed by atoms with Crippen LogP contribution in [0.5, 0.6) is 0 Å². The van der Waals surface area contributed by atoms with Gasteiger partial charge in [-0.25, -0.2) is 4.79 Å². The van der Waals surface area contributed by atoms with Crippen molar-refractivity contribution in [3.63, 3.8) is 0 Å². The first-order valence-corrected chi connectivity index (χ1v) is 5.99. The number of carbonyl (C=O) groups is 2. The zero-order chi connectivity index (χ0) is 13.3. The summed E-state index contributed by atoms with van der Waals surface area (Å²) >= 11 is 0. The molecule has 0 aliphatic carbocycles. The second-order valence-corrected chi connectivity index (χ2v) is 5.36. The van der Waals surface area contributed by atoms with Crippen LogP contribution in [-0.4, -0.2) is 25.0 Å². The zero-order valence-electron chi connectivity index (χ0n) is 10.9. The summed E-state index contributed by atoms with van der Waals surface area (Å²) < 4.78 is 4.74. The average molecular weight is 247 g/mol. The molecule has 0 N–H and O–H groups in total. The van der Waals surface area contributed by atoms with E-state index in [0.29, 0.717) is 6.54 Å². The lowest BCUT2D eigenvalue weighted by Gasteiger charge is -2.31. The quantitative estimate of drug-likeness (QED) is 0.562. The third-order valence-electron chi connectivity index (χ3n) is 2.97. The number of nitrogens with zero attached hydrogens (tertiary/aromatic N) is 1. The van der Waals surface area contributed by atoms with E-state index >= 15 is 0 Å². The summed E-state index contributed by atoms with van der Waals surface area (Å²) in [5.74, 6) is -1.36. The van der Waals surface area contributed by atoms with E-state index in [-0.39, 0.29) is 12.0 Å². The molecule has 0 atom stereocenters. The van der Waals surface area contributed by atoms with Gasteiger partial charge in [-0.1, -0.05) is 39.0 Å². The third kappa shape index (κ3) is 2.23.